The van der Waals surface area contributed by atoms with E-state index >= 15 is 0 Å². The average molecular weight is 276 g/mol. The fourth-order valence-electron chi connectivity index (χ4n) is 1.20. The van der Waals surface area contributed by atoms with Crippen LogP contribution in [0.5, 0.6) is 0 Å². The van der Waals surface area contributed by atoms with Crippen LogP contribution >= 0.6 is 15.9 Å². The first-order valence-electron chi connectivity index (χ1n) is 5.35. The SMILES string of the molecule is CCCOCCCNCc1occc1Br. The number of halogens is 1. The van der Waals surface area contributed by atoms with Gasteiger partial charge in [0.05, 0.1) is 17.3 Å². The lowest BCUT2D eigenvalue weighted by molar-refractivity contribution is 0.132. The molecule has 0 amide bonds. The van der Waals surface area contributed by atoms with Crippen molar-refractivity contribution in [1.29, 1.82) is 0 Å². The molecule has 1 aromatic rings. The van der Waals surface area contributed by atoms with Crippen molar-refractivity contribution in [3.63, 3.8) is 0 Å². The zero-order chi connectivity index (χ0) is 10.9. The maximum Gasteiger partial charge on any atom is 0.131 e. The monoisotopic (exact) mass is 275 g/mol. The van der Waals surface area contributed by atoms with Crippen LogP contribution in [-0.4, -0.2) is 19.8 Å². The first kappa shape index (κ1) is 12.7. The van der Waals surface area contributed by atoms with Gasteiger partial charge in [-0.1, -0.05) is 6.92 Å². The third kappa shape index (κ3) is 5.35. The van der Waals surface area contributed by atoms with Crippen LogP contribution < -0.4 is 5.32 Å². The molecule has 0 unspecified atom stereocenters. The van der Waals surface area contributed by atoms with Crippen molar-refractivity contribution in [2.75, 3.05) is 19.8 Å². The summed E-state index contributed by atoms with van der Waals surface area (Å²) in [5.41, 5.74) is 0. The largest absolute Gasteiger partial charge is 0.467 e. The summed E-state index contributed by atoms with van der Waals surface area (Å²) in [4.78, 5) is 0. The molecule has 0 aromatic carbocycles. The molecule has 86 valence electrons. The average Bonchev–Trinajstić information content (AvgIpc) is 2.63. The molecule has 0 spiro atoms. The summed E-state index contributed by atoms with van der Waals surface area (Å²) < 4.78 is 11.7. The molecule has 1 aromatic heterocycles. The van der Waals surface area contributed by atoms with Crippen molar-refractivity contribution in [3.8, 4) is 0 Å². The van der Waals surface area contributed by atoms with Gasteiger partial charge in [-0.15, -0.1) is 0 Å². The fraction of sp³-hybridized carbons (Fsp3) is 0.636. The first-order valence-corrected chi connectivity index (χ1v) is 6.14. The van der Waals surface area contributed by atoms with Crippen molar-refractivity contribution >= 4 is 15.9 Å². The van der Waals surface area contributed by atoms with Gasteiger partial charge in [0, 0.05) is 13.2 Å². The molecule has 1 rings (SSSR count). The van der Waals surface area contributed by atoms with Gasteiger partial charge in [-0.2, -0.15) is 0 Å². The molecular formula is C11H18BrNO2. The number of rotatable bonds is 8. The van der Waals surface area contributed by atoms with Crippen molar-refractivity contribution in [3.05, 3.63) is 22.6 Å². The maximum atomic E-state index is 5.37. The third-order valence-corrected chi connectivity index (χ3v) is 2.67. The Kier molecular flexibility index (Phi) is 6.72. The van der Waals surface area contributed by atoms with Crippen LogP contribution in [0.3, 0.4) is 0 Å². The fourth-order valence-corrected chi connectivity index (χ4v) is 1.54. The molecule has 0 bridgehead atoms. The molecule has 0 saturated carbocycles. The highest BCUT2D eigenvalue weighted by atomic mass is 79.9. The van der Waals surface area contributed by atoms with Crippen molar-refractivity contribution in [2.45, 2.75) is 26.3 Å². The van der Waals surface area contributed by atoms with Gasteiger partial charge in [0.1, 0.15) is 5.76 Å². The number of furan rings is 1. The Hall–Kier alpha value is -0.320. The van der Waals surface area contributed by atoms with E-state index in [4.69, 9.17) is 9.15 Å². The predicted molar refractivity (Wildman–Crippen MR) is 63.8 cm³/mol. The Balaban J connectivity index is 1.96. The third-order valence-electron chi connectivity index (χ3n) is 1.97. The van der Waals surface area contributed by atoms with E-state index in [1.165, 1.54) is 0 Å². The maximum absolute atomic E-state index is 5.37. The normalized spacial score (nSPS) is 10.8. The molecule has 0 saturated heterocycles. The molecular weight excluding hydrogens is 258 g/mol. The standard InChI is InChI=1S/C11H18BrNO2/c1-2-6-14-7-3-5-13-9-11-10(12)4-8-15-11/h4,8,13H,2-3,5-7,9H2,1H3. The minimum Gasteiger partial charge on any atom is -0.467 e. The van der Waals surface area contributed by atoms with E-state index in [1.54, 1.807) is 6.26 Å². The summed E-state index contributed by atoms with van der Waals surface area (Å²) in [7, 11) is 0. The zero-order valence-corrected chi connectivity index (χ0v) is 10.7. The molecule has 0 radical (unpaired) electrons. The highest BCUT2D eigenvalue weighted by Gasteiger charge is 2.01. The number of ether oxygens (including phenoxy) is 1. The highest BCUT2D eigenvalue weighted by molar-refractivity contribution is 9.10. The predicted octanol–water partition coefficient (Wildman–Crippen LogP) is 2.95. The Bertz CT molecular complexity index is 263. The quantitative estimate of drug-likeness (QED) is 0.741. The Morgan fingerprint density at radius 1 is 1.47 bits per heavy atom. The molecule has 4 heteroatoms. The van der Waals surface area contributed by atoms with Crippen molar-refractivity contribution in [2.24, 2.45) is 0 Å². The lowest BCUT2D eigenvalue weighted by Crippen LogP contribution is -2.16. The number of hydrogen-bond donors (Lipinski definition) is 1. The van der Waals surface area contributed by atoms with Gasteiger partial charge in [0.15, 0.2) is 0 Å². The van der Waals surface area contributed by atoms with Gasteiger partial charge in [-0.3, -0.25) is 0 Å². The van der Waals surface area contributed by atoms with Crippen LogP contribution in [0.4, 0.5) is 0 Å². The molecule has 0 fully saturated rings. The van der Waals surface area contributed by atoms with E-state index in [0.29, 0.717) is 0 Å². The number of nitrogens with one attached hydrogen (secondary N) is 1. The lowest BCUT2D eigenvalue weighted by Gasteiger charge is -2.04. The van der Waals surface area contributed by atoms with E-state index < -0.39 is 0 Å². The molecule has 0 aliphatic carbocycles. The molecule has 15 heavy (non-hydrogen) atoms. The van der Waals surface area contributed by atoms with E-state index in [0.717, 1.165) is 49.4 Å². The molecule has 1 heterocycles. The summed E-state index contributed by atoms with van der Waals surface area (Å²) in [5.74, 6) is 0.949. The smallest absolute Gasteiger partial charge is 0.131 e. The Morgan fingerprint density at radius 3 is 3.00 bits per heavy atom. The second-order valence-corrected chi connectivity index (χ2v) is 4.19. The van der Waals surface area contributed by atoms with Crippen LogP contribution in [0.15, 0.2) is 21.2 Å². The summed E-state index contributed by atoms with van der Waals surface area (Å²) in [6, 6.07) is 1.90. The van der Waals surface area contributed by atoms with E-state index in [9.17, 15) is 0 Å². The summed E-state index contributed by atoms with van der Waals surface area (Å²) in [5, 5.41) is 3.30. The molecule has 1 N–H and O–H groups in total. The van der Waals surface area contributed by atoms with Gasteiger partial charge < -0.3 is 14.5 Å². The van der Waals surface area contributed by atoms with E-state index in [1.807, 2.05) is 6.07 Å². The summed E-state index contributed by atoms with van der Waals surface area (Å²) >= 11 is 3.41. The molecule has 0 aliphatic heterocycles. The van der Waals surface area contributed by atoms with Crippen molar-refractivity contribution in [1.82, 2.24) is 5.32 Å². The van der Waals surface area contributed by atoms with Gasteiger partial charge in [0.2, 0.25) is 0 Å². The summed E-state index contributed by atoms with van der Waals surface area (Å²) in [6.07, 6.45) is 3.82. The van der Waals surface area contributed by atoms with Crippen LogP contribution in [0.25, 0.3) is 0 Å². The molecule has 3 nitrogen and oxygen atoms in total. The lowest BCUT2D eigenvalue weighted by atomic mass is 10.4. The Labute approximate surface area is 99.3 Å². The van der Waals surface area contributed by atoms with E-state index in [-0.39, 0.29) is 0 Å². The van der Waals surface area contributed by atoms with E-state index in [2.05, 4.69) is 28.2 Å². The minimum absolute atomic E-state index is 0.765. The van der Waals surface area contributed by atoms with Crippen LogP contribution in [0.2, 0.25) is 0 Å². The van der Waals surface area contributed by atoms with Crippen LogP contribution in [-0.2, 0) is 11.3 Å². The van der Waals surface area contributed by atoms with Gasteiger partial charge in [-0.25, -0.2) is 0 Å². The first-order chi connectivity index (χ1) is 7.34. The van der Waals surface area contributed by atoms with Gasteiger partial charge >= 0.3 is 0 Å². The second-order valence-electron chi connectivity index (χ2n) is 3.33. The van der Waals surface area contributed by atoms with Gasteiger partial charge in [-0.05, 0) is 41.4 Å². The molecule has 0 atom stereocenters. The second kappa shape index (κ2) is 7.91. The summed E-state index contributed by atoms with van der Waals surface area (Å²) in [6.45, 7) is 5.54. The highest BCUT2D eigenvalue weighted by Crippen LogP contribution is 2.16. The van der Waals surface area contributed by atoms with Crippen LogP contribution in [0.1, 0.15) is 25.5 Å². The molecule has 0 aliphatic rings. The Morgan fingerprint density at radius 2 is 2.33 bits per heavy atom. The van der Waals surface area contributed by atoms with Crippen molar-refractivity contribution < 1.29 is 9.15 Å². The van der Waals surface area contributed by atoms with Gasteiger partial charge in [0.25, 0.3) is 0 Å². The van der Waals surface area contributed by atoms with Crippen LogP contribution in [0, 0.1) is 0 Å². The zero-order valence-electron chi connectivity index (χ0n) is 9.09. The number of hydrogen-bond acceptors (Lipinski definition) is 3. The minimum atomic E-state index is 0.765. The topological polar surface area (TPSA) is 34.4 Å².